The molecule has 0 radical (unpaired) electrons. The number of nitrogens with one attached hydrogen (secondary N) is 1. The Hall–Kier alpha value is -2.18. The van der Waals surface area contributed by atoms with Gasteiger partial charge in [0.1, 0.15) is 16.4 Å². The van der Waals surface area contributed by atoms with Crippen molar-refractivity contribution in [3.05, 3.63) is 48.0 Å². The Bertz CT molecular complexity index is 1110. The third-order valence-electron chi connectivity index (χ3n) is 5.15. The lowest BCUT2D eigenvalue weighted by Gasteiger charge is -2.31. The van der Waals surface area contributed by atoms with Gasteiger partial charge in [0, 0.05) is 38.8 Å². The molecule has 3 rings (SSSR count). The van der Waals surface area contributed by atoms with Crippen LogP contribution < -0.4 is 14.2 Å². The minimum absolute atomic E-state index is 0.00245. The molecule has 1 fully saturated rings. The molecule has 0 aliphatic carbocycles. The summed E-state index contributed by atoms with van der Waals surface area (Å²) in [4.78, 5) is 2.24. The second-order valence-electron chi connectivity index (χ2n) is 7.19. The van der Waals surface area contributed by atoms with Gasteiger partial charge in [-0.1, -0.05) is 12.1 Å². The average molecular weight is 470 g/mol. The summed E-state index contributed by atoms with van der Waals surface area (Å²) in [7, 11) is -2.65. The summed E-state index contributed by atoms with van der Waals surface area (Å²) in [5.74, 6) is 0.585. The smallest absolute Gasteiger partial charge is 0.244 e. The highest BCUT2D eigenvalue weighted by molar-refractivity contribution is 7.89. The molecular weight excluding hydrogens is 442 g/mol. The number of hydrogen-bond acceptors (Lipinski definition) is 7. The van der Waals surface area contributed by atoms with Gasteiger partial charge >= 0.3 is 0 Å². The molecule has 1 aliphatic heterocycles. The number of ether oxygens (including phenoxy) is 2. The number of nitrogens with zero attached hydrogens (tertiary/aromatic N) is 2. The zero-order chi connectivity index (χ0) is 22.6. The lowest BCUT2D eigenvalue weighted by molar-refractivity contribution is 0.222. The van der Waals surface area contributed by atoms with Crippen molar-refractivity contribution in [2.24, 2.45) is 0 Å². The van der Waals surface area contributed by atoms with Gasteiger partial charge in [0.2, 0.25) is 20.0 Å². The molecule has 0 atom stereocenters. The van der Waals surface area contributed by atoms with Gasteiger partial charge in [-0.25, -0.2) is 21.6 Å². The largest absolute Gasteiger partial charge is 0.497 e. The van der Waals surface area contributed by atoms with Gasteiger partial charge in [-0.2, -0.15) is 4.31 Å². The van der Waals surface area contributed by atoms with E-state index in [4.69, 9.17) is 9.47 Å². The Morgan fingerprint density at radius 1 is 0.903 bits per heavy atom. The maximum Gasteiger partial charge on any atom is 0.244 e. The van der Waals surface area contributed by atoms with Crippen LogP contribution in [0, 0.1) is 0 Å². The fourth-order valence-electron chi connectivity index (χ4n) is 3.21. The van der Waals surface area contributed by atoms with Crippen molar-refractivity contribution in [3.8, 4) is 11.5 Å². The van der Waals surface area contributed by atoms with Crippen molar-refractivity contribution in [1.82, 2.24) is 13.9 Å². The Kier molecular flexibility index (Phi) is 7.22. The van der Waals surface area contributed by atoms with E-state index < -0.39 is 20.0 Å². The van der Waals surface area contributed by atoms with Gasteiger partial charge in [0.05, 0.1) is 19.1 Å². The fourth-order valence-corrected chi connectivity index (χ4v) is 5.83. The van der Waals surface area contributed by atoms with Crippen LogP contribution in [-0.2, 0) is 26.6 Å². The fraction of sp³-hybridized carbons (Fsp3) is 0.400. The van der Waals surface area contributed by atoms with Crippen LogP contribution in [0.1, 0.15) is 5.56 Å². The molecule has 1 saturated heterocycles. The molecule has 2 aromatic carbocycles. The molecule has 170 valence electrons. The number of methoxy groups -OCH3 is 2. The van der Waals surface area contributed by atoms with Gasteiger partial charge < -0.3 is 14.4 Å². The van der Waals surface area contributed by atoms with Crippen LogP contribution in [0.2, 0.25) is 0 Å². The molecule has 1 N–H and O–H groups in total. The second-order valence-corrected chi connectivity index (χ2v) is 10.9. The van der Waals surface area contributed by atoms with Crippen molar-refractivity contribution < 1.29 is 26.3 Å². The third kappa shape index (κ3) is 5.36. The van der Waals surface area contributed by atoms with Gasteiger partial charge in [-0.3, -0.25) is 0 Å². The van der Waals surface area contributed by atoms with Crippen molar-refractivity contribution >= 4 is 20.0 Å². The summed E-state index contributed by atoms with van der Waals surface area (Å²) in [6, 6.07) is 10.7. The van der Waals surface area contributed by atoms with Crippen molar-refractivity contribution in [3.63, 3.8) is 0 Å². The predicted molar refractivity (Wildman–Crippen MR) is 116 cm³/mol. The summed E-state index contributed by atoms with van der Waals surface area (Å²) >= 11 is 0. The number of sulfonamides is 2. The van der Waals surface area contributed by atoms with Gasteiger partial charge in [-0.05, 0) is 36.9 Å². The van der Waals surface area contributed by atoms with E-state index in [0.29, 0.717) is 37.5 Å². The SMILES string of the molecule is COc1ccc(OC)c(S(=O)(=O)NCc2ccc(S(=O)(=O)N3CCN(C)CC3)cc2)c1. The van der Waals surface area contributed by atoms with Crippen molar-refractivity contribution in [2.45, 2.75) is 16.3 Å². The first-order valence-electron chi connectivity index (χ1n) is 9.66. The average Bonchev–Trinajstić information content (AvgIpc) is 2.78. The van der Waals surface area contributed by atoms with Crippen molar-refractivity contribution in [1.29, 1.82) is 0 Å². The van der Waals surface area contributed by atoms with Crippen LogP contribution in [0.4, 0.5) is 0 Å². The van der Waals surface area contributed by atoms with E-state index in [1.54, 1.807) is 18.2 Å². The van der Waals surface area contributed by atoms with E-state index in [2.05, 4.69) is 9.62 Å². The summed E-state index contributed by atoms with van der Waals surface area (Å²) < 4.78 is 65.4. The summed E-state index contributed by atoms with van der Waals surface area (Å²) in [6.07, 6.45) is 0. The van der Waals surface area contributed by atoms with E-state index in [1.165, 1.54) is 42.8 Å². The topological polar surface area (TPSA) is 105 Å². The first-order valence-corrected chi connectivity index (χ1v) is 12.6. The van der Waals surface area contributed by atoms with Crippen molar-refractivity contribution in [2.75, 3.05) is 47.4 Å². The minimum atomic E-state index is -3.88. The summed E-state index contributed by atoms with van der Waals surface area (Å²) in [5.41, 5.74) is 0.628. The Morgan fingerprint density at radius 3 is 2.13 bits per heavy atom. The number of likely N-dealkylation sites (N-methyl/N-ethyl adjacent to an activating group) is 1. The monoisotopic (exact) mass is 469 g/mol. The van der Waals surface area contributed by atoms with Crippen LogP contribution in [0.15, 0.2) is 52.3 Å². The zero-order valence-electron chi connectivity index (χ0n) is 17.7. The molecule has 9 nitrogen and oxygen atoms in total. The highest BCUT2D eigenvalue weighted by atomic mass is 32.2. The first-order chi connectivity index (χ1) is 14.7. The normalized spacial score (nSPS) is 16.2. The second kappa shape index (κ2) is 9.53. The lowest BCUT2D eigenvalue weighted by Crippen LogP contribution is -2.47. The van der Waals surface area contributed by atoms with Gasteiger partial charge in [0.25, 0.3) is 0 Å². The molecule has 0 unspecified atom stereocenters. The first kappa shape index (κ1) is 23.5. The number of hydrogen-bond donors (Lipinski definition) is 1. The molecule has 0 bridgehead atoms. The molecule has 0 saturated carbocycles. The van der Waals surface area contributed by atoms with Crippen LogP contribution in [0.25, 0.3) is 0 Å². The van der Waals surface area contributed by atoms with Crippen LogP contribution in [-0.4, -0.2) is 73.5 Å². The molecule has 0 amide bonds. The van der Waals surface area contributed by atoms with E-state index >= 15 is 0 Å². The highest BCUT2D eigenvalue weighted by Crippen LogP contribution is 2.28. The lowest BCUT2D eigenvalue weighted by atomic mass is 10.2. The number of piperazine rings is 1. The molecule has 0 aromatic heterocycles. The van der Waals surface area contributed by atoms with E-state index in [0.717, 1.165) is 0 Å². The number of benzene rings is 2. The zero-order valence-corrected chi connectivity index (χ0v) is 19.4. The van der Waals surface area contributed by atoms with Gasteiger partial charge in [0.15, 0.2) is 0 Å². The molecule has 0 spiro atoms. The quantitative estimate of drug-likeness (QED) is 0.618. The van der Waals surface area contributed by atoms with Crippen LogP contribution >= 0.6 is 0 Å². The van der Waals surface area contributed by atoms with E-state index in [1.807, 2.05) is 7.05 Å². The maximum atomic E-state index is 12.8. The minimum Gasteiger partial charge on any atom is -0.497 e. The molecule has 31 heavy (non-hydrogen) atoms. The maximum absolute atomic E-state index is 12.8. The molecular formula is C20H27N3O6S2. The standard InChI is InChI=1S/C20H27N3O6S2/c1-22-10-12-23(13-11-22)31(26,27)18-7-4-16(5-8-18)15-21-30(24,25)20-14-17(28-2)6-9-19(20)29-3/h4-9,14,21H,10-13,15H2,1-3H3. The van der Waals surface area contributed by atoms with Crippen LogP contribution in [0.5, 0.6) is 11.5 Å². The summed E-state index contributed by atoms with van der Waals surface area (Å²) in [5, 5.41) is 0. The van der Waals surface area contributed by atoms with E-state index in [9.17, 15) is 16.8 Å². The highest BCUT2D eigenvalue weighted by Gasteiger charge is 2.27. The Labute approximate surface area is 183 Å². The van der Waals surface area contributed by atoms with Crippen LogP contribution in [0.3, 0.4) is 0 Å². The Morgan fingerprint density at radius 2 is 1.55 bits per heavy atom. The summed E-state index contributed by atoms with van der Waals surface area (Å²) in [6.45, 7) is 2.27. The molecule has 1 aliphatic rings. The molecule has 2 aromatic rings. The van der Waals surface area contributed by atoms with Gasteiger partial charge in [-0.15, -0.1) is 0 Å². The molecule has 1 heterocycles. The third-order valence-corrected chi connectivity index (χ3v) is 8.49. The molecule has 11 heteroatoms. The predicted octanol–water partition coefficient (Wildman–Crippen LogP) is 1.12. The van der Waals surface area contributed by atoms with E-state index in [-0.39, 0.29) is 22.1 Å². The number of rotatable bonds is 8. The Balaban J connectivity index is 1.72.